The van der Waals surface area contributed by atoms with Crippen LogP contribution in [0, 0.1) is 22.9 Å². The molecule has 2 aromatic carbocycles. The Bertz CT molecular complexity index is 646. The lowest BCUT2D eigenvalue weighted by molar-refractivity contribution is -0.385. The molecule has 0 unspecified atom stereocenters. The highest BCUT2D eigenvalue weighted by Crippen LogP contribution is 2.37. The van der Waals surface area contributed by atoms with Crippen LogP contribution in [-0.2, 0) is 0 Å². The second-order valence-corrected chi connectivity index (χ2v) is 4.71. The SMILES string of the molecule is Cc1cccc([N+](=O)[O-])c1Oc1ccc(F)cc1Br. The molecule has 0 spiro atoms. The van der Waals surface area contributed by atoms with Crippen LogP contribution in [0.1, 0.15) is 5.56 Å². The van der Waals surface area contributed by atoms with Crippen LogP contribution in [0.4, 0.5) is 10.1 Å². The molecule has 0 heterocycles. The molecular formula is C13H9BrFNO3. The fourth-order valence-electron chi connectivity index (χ4n) is 1.58. The molecule has 98 valence electrons. The van der Waals surface area contributed by atoms with Crippen molar-refractivity contribution in [3.05, 3.63) is 62.4 Å². The number of hydrogen-bond donors (Lipinski definition) is 0. The summed E-state index contributed by atoms with van der Waals surface area (Å²) < 4.78 is 18.9. The van der Waals surface area contributed by atoms with Gasteiger partial charge in [0, 0.05) is 6.07 Å². The number of rotatable bonds is 3. The van der Waals surface area contributed by atoms with Crippen LogP contribution in [0.15, 0.2) is 40.9 Å². The first-order valence-corrected chi connectivity index (χ1v) is 6.15. The Morgan fingerprint density at radius 3 is 2.68 bits per heavy atom. The Morgan fingerprint density at radius 1 is 1.32 bits per heavy atom. The predicted molar refractivity (Wildman–Crippen MR) is 72.0 cm³/mol. The molecule has 0 fully saturated rings. The van der Waals surface area contributed by atoms with Crippen molar-refractivity contribution in [2.75, 3.05) is 0 Å². The summed E-state index contributed by atoms with van der Waals surface area (Å²) in [7, 11) is 0. The lowest BCUT2D eigenvalue weighted by Crippen LogP contribution is -1.96. The van der Waals surface area contributed by atoms with Crippen LogP contribution in [0.25, 0.3) is 0 Å². The van der Waals surface area contributed by atoms with Crippen LogP contribution in [0.3, 0.4) is 0 Å². The van der Waals surface area contributed by atoms with Crippen molar-refractivity contribution in [2.45, 2.75) is 6.92 Å². The zero-order valence-corrected chi connectivity index (χ0v) is 11.5. The fourth-order valence-corrected chi connectivity index (χ4v) is 2.01. The van der Waals surface area contributed by atoms with Crippen molar-refractivity contribution in [2.24, 2.45) is 0 Å². The van der Waals surface area contributed by atoms with E-state index in [2.05, 4.69) is 15.9 Å². The average molecular weight is 326 g/mol. The summed E-state index contributed by atoms with van der Waals surface area (Å²) >= 11 is 3.16. The Hall–Kier alpha value is -1.95. The molecule has 0 aliphatic heterocycles. The first kappa shape index (κ1) is 13.5. The monoisotopic (exact) mass is 325 g/mol. The van der Waals surface area contributed by atoms with Gasteiger partial charge in [-0.15, -0.1) is 0 Å². The minimum atomic E-state index is -0.514. The molecule has 0 bridgehead atoms. The number of ether oxygens (including phenoxy) is 1. The third-order valence-electron chi connectivity index (χ3n) is 2.49. The summed E-state index contributed by atoms with van der Waals surface area (Å²) in [4.78, 5) is 10.4. The molecule has 4 nitrogen and oxygen atoms in total. The highest BCUT2D eigenvalue weighted by Gasteiger charge is 2.18. The van der Waals surface area contributed by atoms with E-state index in [1.807, 2.05) is 0 Å². The maximum Gasteiger partial charge on any atom is 0.311 e. The van der Waals surface area contributed by atoms with Crippen molar-refractivity contribution in [1.29, 1.82) is 0 Å². The van der Waals surface area contributed by atoms with Crippen molar-refractivity contribution in [1.82, 2.24) is 0 Å². The molecule has 0 saturated heterocycles. The predicted octanol–water partition coefficient (Wildman–Crippen LogP) is 4.60. The summed E-state index contributed by atoms with van der Waals surface area (Å²) in [5.41, 5.74) is 0.502. The van der Waals surface area contributed by atoms with Crippen LogP contribution < -0.4 is 4.74 Å². The Kier molecular flexibility index (Phi) is 3.80. The highest BCUT2D eigenvalue weighted by molar-refractivity contribution is 9.10. The fraction of sp³-hybridized carbons (Fsp3) is 0.0769. The van der Waals surface area contributed by atoms with Gasteiger partial charge in [0.2, 0.25) is 5.75 Å². The van der Waals surface area contributed by atoms with Gasteiger partial charge < -0.3 is 4.74 Å². The van der Waals surface area contributed by atoms with Crippen molar-refractivity contribution in [3.63, 3.8) is 0 Å². The van der Waals surface area contributed by atoms with E-state index in [0.29, 0.717) is 15.8 Å². The van der Waals surface area contributed by atoms with E-state index in [1.165, 1.54) is 24.3 Å². The number of halogens is 2. The lowest BCUT2D eigenvalue weighted by atomic mass is 10.2. The van der Waals surface area contributed by atoms with Crippen molar-refractivity contribution >= 4 is 21.6 Å². The van der Waals surface area contributed by atoms with Gasteiger partial charge in [0.05, 0.1) is 9.40 Å². The van der Waals surface area contributed by atoms with Gasteiger partial charge >= 0.3 is 5.69 Å². The molecule has 2 aromatic rings. The average Bonchev–Trinajstić information content (AvgIpc) is 2.34. The third kappa shape index (κ3) is 2.90. The molecule has 0 aliphatic carbocycles. The molecule has 2 rings (SSSR count). The van der Waals surface area contributed by atoms with E-state index >= 15 is 0 Å². The topological polar surface area (TPSA) is 52.4 Å². The summed E-state index contributed by atoms with van der Waals surface area (Å²) in [5, 5.41) is 11.0. The molecule has 0 radical (unpaired) electrons. The van der Waals surface area contributed by atoms with Gasteiger partial charge in [0.15, 0.2) is 0 Å². The van der Waals surface area contributed by atoms with E-state index < -0.39 is 10.7 Å². The maximum absolute atomic E-state index is 13.0. The minimum Gasteiger partial charge on any atom is -0.449 e. The van der Waals surface area contributed by atoms with Gasteiger partial charge in [-0.2, -0.15) is 0 Å². The van der Waals surface area contributed by atoms with E-state index in [4.69, 9.17) is 4.74 Å². The Morgan fingerprint density at radius 2 is 2.05 bits per heavy atom. The molecule has 0 aliphatic rings. The second-order valence-electron chi connectivity index (χ2n) is 3.86. The van der Waals surface area contributed by atoms with Gasteiger partial charge in [-0.1, -0.05) is 12.1 Å². The summed E-state index contributed by atoms with van der Waals surface area (Å²) in [6, 6.07) is 8.53. The number of para-hydroxylation sites is 1. The van der Waals surface area contributed by atoms with Gasteiger partial charge in [-0.05, 0) is 46.6 Å². The normalized spacial score (nSPS) is 10.3. The molecule has 0 atom stereocenters. The van der Waals surface area contributed by atoms with Gasteiger partial charge in [-0.25, -0.2) is 4.39 Å². The van der Waals surface area contributed by atoms with E-state index in [1.54, 1.807) is 19.1 Å². The van der Waals surface area contributed by atoms with Crippen molar-refractivity contribution < 1.29 is 14.1 Å². The number of hydrogen-bond acceptors (Lipinski definition) is 3. The molecular weight excluding hydrogens is 317 g/mol. The molecule has 0 amide bonds. The Labute approximate surface area is 117 Å². The first-order valence-electron chi connectivity index (χ1n) is 5.36. The lowest BCUT2D eigenvalue weighted by Gasteiger charge is -2.10. The highest BCUT2D eigenvalue weighted by atomic mass is 79.9. The van der Waals surface area contributed by atoms with Crippen LogP contribution in [0.2, 0.25) is 0 Å². The standard InChI is InChI=1S/C13H9BrFNO3/c1-8-3-2-4-11(16(17)18)13(8)19-12-6-5-9(15)7-10(12)14/h2-7H,1H3. The molecule has 0 aromatic heterocycles. The molecule has 6 heteroatoms. The number of nitro benzene ring substituents is 1. The zero-order valence-electron chi connectivity index (χ0n) is 9.89. The summed E-state index contributed by atoms with van der Waals surface area (Å²) in [5.74, 6) is 0.0529. The minimum absolute atomic E-state index is 0.128. The third-order valence-corrected chi connectivity index (χ3v) is 3.11. The largest absolute Gasteiger partial charge is 0.449 e. The smallest absolute Gasteiger partial charge is 0.311 e. The summed E-state index contributed by atoms with van der Waals surface area (Å²) in [6.07, 6.45) is 0. The van der Waals surface area contributed by atoms with Crippen LogP contribution in [-0.4, -0.2) is 4.92 Å². The zero-order chi connectivity index (χ0) is 14.0. The quantitative estimate of drug-likeness (QED) is 0.612. The number of benzene rings is 2. The second kappa shape index (κ2) is 5.36. The van der Waals surface area contributed by atoms with Gasteiger partial charge in [-0.3, -0.25) is 10.1 Å². The van der Waals surface area contributed by atoms with Crippen molar-refractivity contribution in [3.8, 4) is 11.5 Å². The molecule has 19 heavy (non-hydrogen) atoms. The van der Waals surface area contributed by atoms with Gasteiger partial charge in [0.25, 0.3) is 0 Å². The van der Waals surface area contributed by atoms with E-state index in [9.17, 15) is 14.5 Å². The summed E-state index contributed by atoms with van der Waals surface area (Å²) in [6.45, 7) is 1.71. The number of aryl methyl sites for hydroxylation is 1. The van der Waals surface area contributed by atoms with Crippen LogP contribution >= 0.6 is 15.9 Å². The number of nitro groups is 1. The number of nitrogens with zero attached hydrogens (tertiary/aromatic N) is 1. The van der Waals surface area contributed by atoms with E-state index in [0.717, 1.165) is 0 Å². The van der Waals surface area contributed by atoms with Gasteiger partial charge in [0.1, 0.15) is 11.6 Å². The Balaban J connectivity index is 2.46. The first-order chi connectivity index (χ1) is 8.99. The van der Waals surface area contributed by atoms with Crippen LogP contribution in [0.5, 0.6) is 11.5 Å². The maximum atomic E-state index is 13.0. The molecule has 0 saturated carbocycles. The molecule has 0 N–H and O–H groups in total. The van der Waals surface area contributed by atoms with E-state index in [-0.39, 0.29) is 11.4 Å².